The van der Waals surface area contributed by atoms with Gasteiger partial charge in [-0.15, -0.1) is 0 Å². The zero-order valence-electron chi connectivity index (χ0n) is 12.8. The maximum Gasteiger partial charge on any atom is 0.117 e. The van der Waals surface area contributed by atoms with E-state index >= 15 is 0 Å². The van der Waals surface area contributed by atoms with Gasteiger partial charge in [-0.1, -0.05) is 31.2 Å². The molecule has 1 aromatic heterocycles. The van der Waals surface area contributed by atoms with Crippen molar-refractivity contribution in [2.45, 2.75) is 26.1 Å². The summed E-state index contributed by atoms with van der Waals surface area (Å²) in [6, 6.07) is 12.4. The zero-order valence-corrected chi connectivity index (χ0v) is 12.8. The Balaban J connectivity index is 2.24. The van der Waals surface area contributed by atoms with Crippen LogP contribution in [0.2, 0.25) is 0 Å². The maximum atomic E-state index is 6.06. The molecule has 114 valence electrons. The Bertz CT molecular complexity index is 525. The number of methoxy groups -OCH3 is 1. The molecule has 4 nitrogen and oxygen atoms in total. The molecular weight excluding hydrogens is 264 g/mol. The number of hydrogen-bond donors (Lipinski definition) is 1. The fraction of sp³-hybridized carbons (Fsp3) is 0.412. The summed E-state index contributed by atoms with van der Waals surface area (Å²) in [6.45, 7) is 4.97. The van der Waals surface area contributed by atoms with Crippen molar-refractivity contribution in [1.29, 1.82) is 0 Å². The molecule has 2 rings (SSSR count). The zero-order chi connectivity index (χ0) is 15.1. The van der Waals surface area contributed by atoms with Crippen molar-refractivity contribution < 1.29 is 9.15 Å². The standard InChI is InChI=1S/C17H24N2O2/c1-3-19(12-15-8-6-10-21-15)17(11-18)16-9-5-4-7-14(16)13-20-2/h4-10,17H,3,11-13,18H2,1-2H3. The fourth-order valence-corrected chi connectivity index (χ4v) is 2.66. The number of likely N-dealkylation sites (N-methyl/N-ethyl adjacent to an activating group) is 1. The highest BCUT2D eigenvalue weighted by Gasteiger charge is 2.21. The second-order valence-electron chi connectivity index (χ2n) is 5.03. The Morgan fingerprint density at radius 3 is 2.67 bits per heavy atom. The third-order valence-corrected chi connectivity index (χ3v) is 3.72. The van der Waals surface area contributed by atoms with Gasteiger partial charge in [0.25, 0.3) is 0 Å². The van der Waals surface area contributed by atoms with Crippen LogP contribution < -0.4 is 5.73 Å². The van der Waals surface area contributed by atoms with Crippen LogP contribution in [0.25, 0.3) is 0 Å². The van der Waals surface area contributed by atoms with E-state index in [-0.39, 0.29) is 6.04 Å². The molecule has 0 amide bonds. The quantitative estimate of drug-likeness (QED) is 0.811. The maximum absolute atomic E-state index is 6.06. The van der Waals surface area contributed by atoms with Gasteiger partial charge in [-0.25, -0.2) is 0 Å². The smallest absolute Gasteiger partial charge is 0.117 e. The Morgan fingerprint density at radius 1 is 1.24 bits per heavy atom. The molecule has 0 fully saturated rings. The normalized spacial score (nSPS) is 12.8. The molecule has 0 radical (unpaired) electrons. The fourth-order valence-electron chi connectivity index (χ4n) is 2.66. The van der Waals surface area contributed by atoms with Crippen LogP contribution in [-0.2, 0) is 17.9 Å². The summed E-state index contributed by atoms with van der Waals surface area (Å²) in [4.78, 5) is 2.33. The third kappa shape index (κ3) is 3.94. The Hall–Kier alpha value is -1.62. The van der Waals surface area contributed by atoms with Gasteiger partial charge >= 0.3 is 0 Å². The van der Waals surface area contributed by atoms with Crippen LogP contribution in [0, 0.1) is 0 Å². The van der Waals surface area contributed by atoms with E-state index in [0.717, 1.165) is 18.8 Å². The van der Waals surface area contributed by atoms with Gasteiger partial charge < -0.3 is 14.9 Å². The first-order valence-electron chi connectivity index (χ1n) is 7.33. The lowest BCUT2D eigenvalue weighted by molar-refractivity contribution is 0.170. The van der Waals surface area contributed by atoms with E-state index in [4.69, 9.17) is 14.9 Å². The van der Waals surface area contributed by atoms with Crippen molar-refractivity contribution in [3.8, 4) is 0 Å². The molecule has 4 heteroatoms. The van der Waals surface area contributed by atoms with Gasteiger partial charge in [0.05, 0.1) is 19.4 Å². The number of nitrogens with zero attached hydrogens (tertiary/aromatic N) is 1. The predicted molar refractivity (Wildman–Crippen MR) is 83.7 cm³/mol. The van der Waals surface area contributed by atoms with Crippen molar-refractivity contribution in [1.82, 2.24) is 4.90 Å². The summed E-state index contributed by atoms with van der Waals surface area (Å²) >= 11 is 0. The van der Waals surface area contributed by atoms with Crippen LogP contribution >= 0.6 is 0 Å². The van der Waals surface area contributed by atoms with Crippen molar-refractivity contribution in [2.75, 3.05) is 20.2 Å². The van der Waals surface area contributed by atoms with Gasteiger partial charge in [0.2, 0.25) is 0 Å². The number of hydrogen-bond acceptors (Lipinski definition) is 4. The first kappa shape index (κ1) is 15.8. The molecule has 1 unspecified atom stereocenters. The number of furan rings is 1. The second-order valence-corrected chi connectivity index (χ2v) is 5.03. The van der Waals surface area contributed by atoms with Crippen LogP contribution in [0.4, 0.5) is 0 Å². The topological polar surface area (TPSA) is 51.6 Å². The molecule has 1 heterocycles. The summed E-state index contributed by atoms with van der Waals surface area (Å²) in [5.74, 6) is 0.958. The minimum absolute atomic E-state index is 0.159. The molecule has 0 saturated carbocycles. The van der Waals surface area contributed by atoms with Gasteiger partial charge in [-0.05, 0) is 29.8 Å². The first-order chi connectivity index (χ1) is 10.3. The molecule has 2 N–H and O–H groups in total. The van der Waals surface area contributed by atoms with Gasteiger partial charge in [-0.3, -0.25) is 4.90 Å². The second kappa shape index (κ2) is 7.98. The van der Waals surface area contributed by atoms with Crippen molar-refractivity contribution in [2.24, 2.45) is 5.73 Å². The van der Waals surface area contributed by atoms with Crippen LogP contribution in [-0.4, -0.2) is 25.1 Å². The van der Waals surface area contributed by atoms with E-state index in [1.54, 1.807) is 13.4 Å². The molecule has 0 aliphatic carbocycles. The summed E-state index contributed by atoms with van der Waals surface area (Å²) in [5.41, 5.74) is 8.48. The van der Waals surface area contributed by atoms with Crippen molar-refractivity contribution >= 4 is 0 Å². The highest BCUT2D eigenvalue weighted by atomic mass is 16.5. The number of benzene rings is 1. The predicted octanol–water partition coefficient (Wildman–Crippen LogP) is 2.95. The van der Waals surface area contributed by atoms with Crippen molar-refractivity contribution in [3.63, 3.8) is 0 Å². The molecule has 0 bridgehead atoms. The van der Waals surface area contributed by atoms with Gasteiger partial charge in [-0.2, -0.15) is 0 Å². The average molecular weight is 288 g/mol. The lowest BCUT2D eigenvalue weighted by atomic mass is 9.99. The molecule has 21 heavy (non-hydrogen) atoms. The molecule has 0 aliphatic heterocycles. The number of ether oxygens (including phenoxy) is 1. The third-order valence-electron chi connectivity index (χ3n) is 3.72. The monoisotopic (exact) mass is 288 g/mol. The Kier molecular flexibility index (Phi) is 5.99. The molecule has 1 atom stereocenters. The molecule has 1 aromatic carbocycles. The van der Waals surface area contributed by atoms with Crippen LogP contribution in [0.5, 0.6) is 0 Å². The first-order valence-corrected chi connectivity index (χ1v) is 7.33. The van der Waals surface area contributed by atoms with E-state index in [0.29, 0.717) is 13.2 Å². The van der Waals surface area contributed by atoms with Crippen LogP contribution in [0.3, 0.4) is 0 Å². The molecular formula is C17H24N2O2. The van der Waals surface area contributed by atoms with Gasteiger partial charge in [0.1, 0.15) is 5.76 Å². The van der Waals surface area contributed by atoms with Crippen LogP contribution in [0.15, 0.2) is 47.1 Å². The molecule has 2 aromatic rings. The minimum atomic E-state index is 0.159. The Labute approximate surface area is 126 Å². The lowest BCUT2D eigenvalue weighted by Crippen LogP contribution is -2.33. The largest absolute Gasteiger partial charge is 0.468 e. The van der Waals surface area contributed by atoms with Crippen LogP contribution in [0.1, 0.15) is 29.9 Å². The summed E-state index contributed by atoms with van der Waals surface area (Å²) in [7, 11) is 1.72. The molecule has 0 spiro atoms. The lowest BCUT2D eigenvalue weighted by Gasteiger charge is -2.30. The summed E-state index contributed by atoms with van der Waals surface area (Å²) in [6.07, 6.45) is 1.71. The minimum Gasteiger partial charge on any atom is -0.468 e. The van der Waals surface area contributed by atoms with E-state index < -0.39 is 0 Å². The van der Waals surface area contributed by atoms with Crippen molar-refractivity contribution in [3.05, 3.63) is 59.5 Å². The Morgan fingerprint density at radius 2 is 2.05 bits per heavy atom. The highest BCUT2D eigenvalue weighted by molar-refractivity contribution is 5.30. The average Bonchev–Trinajstić information content (AvgIpc) is 3.02. The number of nitrogens with two attached hydrogens (primary N) is 1. The number of rotatable bonds is 8. The molecule has 0 saturated heterocycles. The van der Waals surface area contributed by atoms with E-state index in [1.165, 1.54) is 11.1 Å². The molecule has 0 aliphatic rings. The van der Waals surface area contributed by atoms with Gasteiger partial charge in [0.15, 0.2) is 0 Å². The van der Waals surface area contributed by atoms with Gasteiger partial charge in [0, 0.05) is 19.7 Å². The summed E-state index contributed by atoms with van der Waals surface area (Å²) < 4.78 is 10.8. The SMILES string of the molecule is CCN(Cc1ccco1)C(CN)c1ccccc1COC. The van der Waals surface area contributed by atoms with E-state index in [1.807, 2.05) is 18.2 Å². The highest BCUT2D eigenvalue weighted by Crippen LogP contribution is 2.25. The van der Waals surface area contributed by atoms with E-state index in [2.05, 4.69) is 30.0 Å². The summed E-state index contributed by atoms with van der Waals surface area (Å²) in [5, 5.41) is 0. The van der Waals surface area contributed by atoms with E-state index in [9.17, 15) is 0 Å².